The summed E-state index contributed by atoms with van der Waals surface area (Å²) < 4.78 is 5.50. The maximum Gasteiger partial charge on any atom is 0.407 e. The maximum atomic E-state index is 14.0. The van der Waals surface area contributed by atoms with Crippen molar-refractivity contribution in [2.24, 2.45) is 11.8 Å². The van der Waals surface area contributed by atoms with E-state index in [1.54, 1.807) is 35.0 Å². The largest absolute Gasteiger partial charge is 0.444 e. The Kier molecular flexibility index (Phi) is 14.8. The molecule has 4 rings (SSSR count). The summed E-state index contributed by atoms with van der Waals surface area (Å²) >= 11 is 3.04. The normalized spacial score (nSPS) is 13.1. The first-order chi connectivity index (χ1) is 23.6. The van der Waals surface area contributed by atoms with Gasteiger partial charge in [0.2, 0.25) is 0 Å². The molecule has 0 aliphatic carbocycles. The van der Waals surface area contributed by atoms with E-state index in [1.807, 2.05) is 67.8 Å². The van der Waals surface area contributed by atoms with Crippen LogP contribution in [-0.4, -0.2) is 51.9 Å². The number of carbonyl (C=O) groups is 3. The number of rotatable bonds is 18. The van der Waals surface area contributed by atoms with Gasteiger partial charge in [-0.15, -0.1) is 22.7 Å². The number of urea groups is 1. The zero-order valence-corrected chi connectivity index (χ0v) is 30.8. The molecule has 0 bridgehead atoms. The Morgan fingerprint density at radius 2 is 1.55 bits per heavy atom. The van der Waals surface area contributed by atoms with Gasteiger partial charge in [0.1, 0.15) is 6.61 Å². The molecule has 262 valence electrons. The Morgan fingerprint density at radius 3 is 2.14 bits per heavy atom. The van der Waals surface area contributed by atoms with Crippen molar-refractivity contribution in [3.05, 3.63) is 104 Å². The van der Waals surface area contributed by atoms with Crippen LogP contribution < -0.4 is 10.6 Å². The van der Waals surface area contributed by atoms with Crippen molar-refractivity contribution in [2.75, 3.05) is 7.05 Å². The first-order valence-corrected chi connectivity index (χ1v) is 18.7. The van der Waals surface area contributed by atoms with E-state index in [9.17, 15) is 14.4 Å². The van der Waals surface area contributed by atoms with Crippen molar-refractivity contribution in [1.82, 2.24) is 25.5 Å². The summed E-state index contributed by atoms with van der Waals surface area (Å²) in [5, 5.41) is 9.12. The number of hydrogen-bond donors (Lipinski definition) is 2. The summed E-state index contributed by atoms with van der Waals surface area (Å²) in [5.74, 6) is 0.250. The molecule has 3 amide bonds. The summed E-state index contributed by atoms with van der Waals surface area (Å²) in [6.07, 6.45) is 4.22. The van der Waals surface area contributed by atoms with Crippen LogP contribution in [0.25, 0.3) is 0 Å². The minimum Gasteiger partial charge on any atom is -0.444 e. The fraction of sp³-hybridized carbons (Fsp3) is 0.447. The summed E-state index contributed by atoms with van der Waals surface area (Å²) in [6.45, 7) is 8.65. The van der Waals surface area contributed by atoms with Gasteiger partial charge in [-0.1, -0.05) is 88.4 Å². The van der Waals surface area contributed by atoms with Crippen molar-refractivity contribution in [2.45, 2.75) is 91.0 Å². The third-order valence-corrected chi connectivity index (χ3v) is 10.3. The highest BCUT2D eigenvalue weighted by Crippen LogP contribution is 2.24. The molecule has 2 heterocycles. The minimum absolute atomic E-state index is 0.00327. The molecule has 0 unspecified atom stereocenters. The molecular formula is C38H49N5O4S2. The fourth-order valence-corrected chi connectivity index (χ4v) is 7.02. The molecule has 0 aliphatic heterocycles. The number of benzene rings is 2. The van der Waals surface area contributed by atoms with Crippen molar-refractivity contribution in [3.63, 3.8) is 0 Å². The van der Waals surface area contributed by atoms with Crippen LogP contribution in [0.3, 0.4) is 0 Å². The summed E-state index contributed by atoms with van der Waals surface area (Å²) in [7, 11) is 1.73. The Labute approximate surface area is 298 Å². The third kappa shape index (κ3) is 12.7. The van der Waals surface area contributed by atoms with Crippen LogP contribution in [0.1, 0.15) is 79.6 Å². The second-order valence-corrected chi connectivity index (χ2v) is 15.1. The lowest BCUT2D eigenvalue weighted by Crippen LogP contribution is -2.49. The number of Topliss-reactive ketones (excluding diaryl/α,β-unsaturated/α-hetero) is 1. The Bertz CT molecular complexity index is 1580. The predicted octanol–water partition coefficient (Wildman–Crippen LogP) is 8.03. The van der Waals surface area contributed by atoms with Gasteiger partial charge in [-0.2, -0.15) is 0 Å². The number of nitrogens with zero attached hydrogens (tertiary/aromatic N) is 3. The van der Waals surface area contributed by atoms with Gasteiger partial charge in [0.15, 0.2) is 5.78 Å². The smallest absolute Gasteiger partial charge is 0.407 e. The number of aromatic nitrogens is 2. The highest BCUT2D eigenvalue weighted by molar-refractivity contribution is 7.09. The first kappa shape index (κ1) is 37.7. The van der Waals surface area contributed by atoms with Crippen molar-refractivity contribution < 1.29 is 19.1 Å². The molecule has 2 aromatic carbocycles. The first-order valence-electron chi connectivity index (χ1n) is 16.9. The summed E-state index contributed by atoms with van der Waals surface area (Å²) in [6, 6.07) is 19.1. The number of carbonyl (C=O) groups excluding carboxylic acids is 3. The zero-order chi connectivity index (χ0) is 35.2. The number of ketones is 1. The van der Waals surface area contributed by atoms with Gasteiger partial charge in [-0.05, 0) is 48.6 Å². The van der Waals surface area contributed by atoms with E-state index in [0.29, 0.717) is 44.6 Å². The van der Waals surface area contributed by atoms with Crippen LogP contribution in [-0.2, 0) is 35.5 Å². The van der Waals surface area contributed by atoms with Crippen molar-refractivity contribution in [3.8, 4) is 0 Å². The van der Waals surface area contributed by atoms with Crippen LogP contribution in [0.15, 0.2) is 77.8 Å². The molecule has 49 heavy (non-hydrogen) atoms. The Balaban J connectivity index is 1.43. The van der Waals surface area contributed by atoms with Crippen LogP contribution in [0, 0.1) is 11.8 Å². The summed E-state index contributed by atoms with van der Waals surface area (Å²) in [5.41, 5.74) is 4.80. The second-order valence-electron chi connectivity index (χ2n) is 13.2. The molecule has 2 aromatic heterocycles. The van der Waals surface area contributed by atoms with Gasteiger partial charge in [0.05, 0.1) is 33.7 Å². The number of hydrogen-bond acceptors (Lipinski definition) is 8. The molecule has 3 atom stereocenters. The van der Waals surface area contributed by atoms with Gasteiger partial charge in [-0.3, -0.25) is 9.78 Å². The van der Waals surface area contributed by atoms with Crippen molar-refractivity contribution >= 4 is 40.6 Å². The van der Waals surface area contributed by atoms with E-state index in [4.69, 9.17) is 4.74 Å². The average Bonchev–Trinajstić information content (AvgIpc) is 3.78. The monoisotopic (exact) mass is 703 g/mol. The zero-order valence-electron chi connectivity index (χ0n) is 29.1. The molecule has 0 fully saturated rings. The SMILES string of the molecule is CC(C)c1nc(CN(C)C(=O)N[C@H](C(=O)C[C@H](CC[C@H](Cc2ccccc2)NC(=O)OCc2cncs2)Cc2ccccc2)C(C)C)cs1. The lowest BCUT2D eigenvalue weighted by Gasteiger charge is -2.27. The highest BCUT2D eigenvalue weighted by atomic mass is 32.1. The number of ether oxygens (including phenoxy) is 1. The van der Waals surface area contributed by atoms with E-state index >= 15 is 0 Å². The Morgan fingerprint density at radius 1 is 0.878 bits per heavy atom. The van der Waals surface area contributed by atoms with Crippen LogP contribution in [0.2, 0.25) is 0 Å². The molecule has 0 radical (unpaired) electrons. The molecule has 9 nitrogen and oxygen atoms in total. The van der Waals surface area contributed by atoms with Crippen LogP contribution in [0.5, 0.6) is 0 Å². The highest BCUT2D eigenvalue weighted by Gasteiger charge is 2.28. The number of thiazole rings is 2. The van der Waals surface area contributed by atoms with E-state index in [-0.39, 0.29) is 36.3 Å². The minimum atomic E-state index is -0.630. The number of alkyl carbamates (subject to hydrolysis) is 1. The molecule has 11 heteroatoms. The van der Waals surface area contributed by atoms with Gasteiger partial charge >= 0.3 is 12.1 Å². The van der Waals surface area contributed by atoms with Crippen LogP contribution in [0.4, 0.5) is 9.59 Å². The van der Waals surface area contributed by atoms with Gasteiger partial charge in [0.25, 0.3) is 0 Å². The second kappa shape index (κ2) is 19.2. The molecule has 4 aromatic rings. The van der Waals surface area contributed by atoms with Gasteiger partial charge in [0, 0.05) is 37.0 Å². The topological polar surface area (TPSA) is 114 Å². The molecule has 0 saturated heterocycles. The summed E-state index contributed by atoms with van der Waals surface area (Å²) in [4.78, 5) is 51.3. The molecule has 0 spiro atoms. The quantitative estimate of drug-likeness (QED) is 0.109. The van der Waals surface area contributed by atoms with Gasteiger partial charge in [-0.25, -0.2) is 14.6 Å². The standard InChI is InChI=1S/C38H49N5O4S2/c1-26(2)35(42-37(45)43(5)22-32-24-48-36(40-32)27(3)4)34(44)20-30(18-28-12-8-6-9-13-28)16-17-31(19-29-14-10-7-11-15-29)41-38(46)47-23-33-21-39-25-49-33/h6-15,21,24-27,30-31,35H,16-20,22-23H2,1-5H3,(H,41,46)(H,42,45)/t30-,31-,35+/m1/s1. The lowest BCUT2D eigenvalue weighted by atomic mass is 9.85. The molecule has 2 N–H and O–H groups in total. The van der Waals surface area contributed by atoms with Crippen LogP contribution >= 0.6 is 22.7 Å². The van der Waals surface area contributed by atoms with E-state index in [0.717, 1.165) is 26.7 Å². The fourth-order valence-electron chi connectivity index (χ4n) is 5.69. The third-order valence-electron chi connectivity index (χ3n) is 8.36. The molecule has 0 saturated carbocycles. The predicted molar refractivity (Wildman–Crippen MR) is 197 cm³/mol. The number of nitrogens with one attached hydrogen (secondary N) is 2. The molecular weight excluding hydrogens is 655 g/mol. The van der Waals surface area contributed by atoms with E-state index < -0.39 is 12.1 Å². The van der Waals surface area contributed by atoms with E-state index in [2.05, 4.69) is 46.6 Å². The average molecular weight is 704 g/mol. The molecule has 0 aliphatic rings. The maximum absolute atomic E-state index is 14.0. The number of amides is 3. The lowest BCUT2D eigenvalue weighted by molar-refractivity contribution is -0.122. The van der Waals surface area contributed by atoms with E-state index in [1.165, 1.54) is 11.3 Å². The van der Waals surface area contributed by atoms with Gasteiger partial charge < -0.3 is 20.3 Å². The van der Waals surface area contributed by atoms with Crippen molar-refractivity contribution in [1.29, 1.82) is 0 Å². The Hall–Kier alpha value is -4.09.